The van der Waals surface area contributed by atoms with Gasteiger partial charge in [0.25, 0.3) is 11.7 Å². The van der Waals surface area contributed by atoms with Crippen LogP contribution in [-0.2, 0) is 14.3 Å². The monoisotopic (exact) mass is 494 g/mol. The van der Waals surface area contributed by atoms with Crippen LogP contribution in [0, 0.1) is 0 Å². The topological polar surface area (TPSA) is 88.5 Å². The Morgan fingerprint density at radius 2 is 1.81 bits per heavy atom. The summed E-state index contributed by atoms with van der Waals surface area (Å²) in [5.41, 5.74) is 1.26. The van der Waals surface area contributed by atoms with Crippen LogP contribution in [0.4, 0.5) is 0 Å². The van der Waals surface area contributed by atoms with Crippen molar-refractivity contribution in [2.75, 3.05) is 53.1 Å². The molecule has 2 heterocycles. The maximum absolute atomic E-state index is 13.3. The first-order chi connectivity index (χ1) is 17.5. The second-order valence-corrected chi connectivity index (χ2v) is 8.95. The lowest BCUT2D eigenvalue weighted by Gasteiger charge is -2.29. The van der Waals surface area contributed by atoms with E-state index in [9.17, 15) is 14.7 Å². The standard InChI is InChI=1S/C28H34N2O6/c1-3-16-36-23-7-4-6-21(19-23)25-24(26(31)20-8-10-22(34-2)11-9-20)27(32)28(33)30(25)13-5-12-29-14-17-35-18-15-29/h4,6-11,19,25,31H,3,5,12-18H2,1-2H3/t25-/m0/s1. The largest absolute Gasteiger partial charge is 0.507 e. The first-order valence-electron chi connectivity index (χ1n) is 12.5. The lowest BCUT2D eigenvalue weighted by Crippen LogP contribution is -2.38. The average molecular weight is 495 g/mol. The molecule has 0 unspecified atom stereocenters. The summed E-state index contributed by atoms with van der Waals surface area (Å²) >= 11 is 0. The van der Waals surface area contributed by atoms with E-state index in [1.165, 1.54) is 0 Å². The third-order valence-corrected chi connectivity index (χ3v) is 6.53. The fraction of sp³-hybridized carbons (Fsp3) is 0.429. The van der Waals surface area contributed by atoms with Gasteiger partial charge in [-0.2, -0.15) is 0 Å². The molecular weight excluding hydrogens is 460 g/mol. The molecule has 0 saturated carbocycles. The number of benzene rings is 2. The molecule has 0 aromatic heterocycles. The molecule has 8 heteroatoms. The Kier molecular flexibility index (Phi) is 8.61. The minimum Gasteiger partial charge on any atom is -0.507 e. The maximum atomic E-state index is 13.3. The molecule has 2 saturated heterocycles. The predicted molar refractivity (Wildman–Crippen MR) is 136 cm³/mol. The van der Waals surface area contributed by atoms with Gasteiger partial charge in [0.15, 0.2) is 0 Å². The van der Waals surface area contributed by atoms with Crippen molar-refractivity contribution < 1.29 is 28.9 Å². The molecule has 1 atom stereocenters. The molecule has 192 valence electrons. The number of aliphatic hydroxyl groups is 1. The van der Waals surface area contributed by atoms with Gasteiger partial charge in [0.05, 0.1) is 38.5 Å². The molecule has 36 heavy (non-hydrogen) atoms. The number of rotatable bonds is 10. The van der Waals surface area contributed by atoms with Crippen LogP contribution in [0.1, 0.15) is 36.9 Å². The van der Waals surface area contributed by atoms with Crippen molar-refractivity contribution in [1.82, 2.24) is 9.80 Å². The van der Waals surface area contributed by atoms with Crippen LogP contribution in [-0.4, -0.2) is 79.7 Å². The summed E-state index contributed by atoms with van der Waals surface area (Å²) in [5, 5.41) is 11.2. The third kappa shape index (κ3) is 5.71. The molecule has 4 rings (SSSR count). The lowest BCUT2D eigenvalue weighted by atomic mass is 9.95. The highest BCUT2D eigenvalue weighted by molar-refractivity contribution is 6.46. The van der Waals surface area contributed by atoms with Gasteiger partial charge >= 0.3 is 0 Å². The Labute approximate surface area is 212 Å². The molecule has 0 aliphatic carbocycles. The number of hydrogen-bond acceptors (Lipinski definition) is 7. The minimum absolute atomic E-state index is 0.0872. The number of carbonyl (C=O) groups is 2. The SMILES string of the molecule is CCCOc1cccc([C@H]2C(=C(O)c3ccc(OC)cc3)C(=O)C(=O)N2CCCN2CCOCC2)c1. The highest BCUT2D eigenvalue weighted by atomic mass is 16.5. The van der Waals surface area contributed by atoms with Gasteiger partial charge < -0.3 is 24.2 Å². The van der Waals surface area contributed by atoms with Crippen LogP contribution in [0.3, 0.4) is 0 Å². The van der Waals surface area contributed by atoms with E-state index in [1.807, 2.05) is 31.2 Å². The summed E-state index contributed by atoms with van der Waals surface area (Å²) < 4.78 is 16.4. The van der Waals surface area contributed by atoms with E-state index in [1.54, 1.807) is 36.3 Å². The van der Waals surface area contributed by atoms with E-state index in [0.29, 0.717) is 49.8 Å². The van der Waals surface area contributed by atoms with Gasteiger partial charge in [-0.1, -0.05) is 19.1 Å². The van der Waals surface area contributed by atoms with Crippen molar-refractivity contribution >= 4 is 17.4 Å². The van der Waals surface area contributed by atoms with E-state index in [-0.39, 0.29) is 11.3 Å². The molecule has 8 nitrogen and oxygen atoms in total. The molecule has 2 aromatic carbocycles. The quantitative estimate of drug-likeness (QED) is 0.307. The van der Waals surface area contributed by atoms with Gasteiger partial charge in [0, 0.05) is 31.7 Å². The molecular formula is C28H34N2O6. The van der Waals surface area contributed by atoms with Crippen LogP contribution in [0.15, 0.2) is 54.1 Å². The number of hydrogen-bond donors (Lipinski definition) is 1. The number of methoxy groups -OCH3 is 1. The van der Waals surface area contributed by atoms with E-state index >= 15 is 0 Å². The van der Waals surface area contributed by atoms with Crippen LogP contribution in [0.2, 0.25) is 0 Å². The number of ether oxygens (including phenoxy) is 3. The number of nitrogens with zero attached hydrogens (tertiary/aromatic N) is 2. The first kappa shape index (κ1) is 25.7. The smallest absolute Gasteiger partial charge is 0.295 e. The summed E-state index contributed by atoms with van der Waals surface area (Å²) in [6.45, 7) is 6.92. The van der Waals surface area contributed by atoms with Gasteiger partial charge in [-0.3, -0.25) is 14.5 Å². The fourth-order valence-electron chi connectivity index (χ4n) is 4.65. The Morgan fingerprint density at radius 3 is 2.50 bits per heavy atom. The highest BCUT2D eigenvalue weighted by Crippen LogP contribution is 2.40. The van der Waals surface area contributed by atoms with Gasteiger partial charge in [0.1, 0.15) is 17.3 Å². The zero-order valence-electron chi connectivity index (χ0n) is 20.9. The second kappa shape index (κ2) is 12.1. The number of carbonyl (C=O) groups excluding carboxylic acids is 2. The summed E-state index contributed by atoms with van der Waals surface area (Å²) in [6.07, 6.45) is 1.57. The Morgan fingerprint density at radius 1 is 1.06 bits per heavy atom. The van der Waals surface area contributed by atoms with E-state index < -0.39 is 17.7 Å². The van der Waals surface area contributed by atoms with Crippen LogP contribution < -0.4 is 9.47 Å². The van der Waals surface area contributed by atoms with Crippen molar-refractivity contribution in [3.05, 3.63) is 65.2 Å². The molecule has 2 aliphatic heterocycles. The predicted octanol–water partition coefficient (Wildman–Crippen LogP) is 3.63. The Bertz CT molecular complexity index is 1090. The molecule has 0 radical (unpaired) electrons. The number of ketones is 1. The number of likely N-dealkylation sites (tertiary alicyclic amines) is 1. The molecule has 0 spiro atoms. The second-order valence-electron chi connectivity index (χ2n) is 8.95. The lowest BCUT2D eigenvalue weighted by molar-refractivity contribution is -0.140. The van der Waals surface area contributed by atoms with E-state index in [4.69, 9.17) is 14.2 Å². The van der Waals surface area contributed by atoms with Crippen molar-refractivity contribution in [2.45, 2.75) is 25.8 Å². The molecule has 0 bridgehead atoms. The van der Waals surface area contributed by atoms with Crippen molar-refractivity contribution in [3.63, 3.8) is 0 Å². The fourth-order valence-corrected chi connectivity index (χ4v) is 4.65. The first-order valence-corrected chi connectivity index (χ1v) is 12.5. The Hall–Kier alpha value is -3.36. The summed E-state index contributed by atoms with van der Waals surface area (Å²) in [5.74, 6) is -0.182. The maximum Gasteiger partial charge on any atom is 0.295 e. The number of amides is 1. The highest BCUT2D eigenvalue weighted by Gasteiger charge is 2.46. The number of aliphatic hydroxyl groups excluding tert-OH is 1. The Balaban J connectivity index is 1.67. The summed E-state index contributed by atoms with van der Waals surface area (Å²) in [7, 11) is 1.56. The van der Waals surface area contributed by atoms with Crippen molar-refractivity contribution in [1.29, 1.82) is 0 Å². The molecule has 2 fully saturated rings. The van der Waals surface area contributed by atoms with Crippen molar-refractivity contribution in [3.8, 4) is 11.5 Å². The van der Waals surface area contributed by atoms with Gasteiger partial charge in [-0.15, -0.1) is 0 Å². The minimum atomic E-state index is -0.707. The number of morpholine rings is 1. The van der Waals surface area contributed by atoms with Crippen LogP contribution in [0.25, 0.3) is 5.76 Å². The molecule has 2 aliphatic rings. The zero-order valence-corrected chi connectivity index (χ0v) is 20.9. The number of Topliss-reactive ketones (excluding diaryl/α,β-unsaturated/α-hetero) is 1. The zero-order chi connectivity index (χ0) is 25.5. The normalized spacial score (nSPS) is 20.1. The summed E-state index contributed by atoms with van der Waals surface area (Å²) in [4.78, 5) is 30.4. The van der Waals surface area contributed by atoms with Crippen LogP contribution in [0.5, 0.6) is 11.5 Å². The molecule has 1 N–H and O–H groups in total. The van der Waals surface area contributed by atoms with E-state index in [2.05, 4.69) is 4.90 Å². The van der Waals surface area contributed by atoms with Crippen LogP contribution >= 0.6 is 0 Å². The average Bonchev–Trinajstić information content (AvgIpc) is 3.17. The van der Waals surface area contributed by atoms with Crippen molar-refractivity contribution in [2.24, 2.45) is 0 Å². The third-order valence-electron chi connectivity index (χ3n) is 6.53. The van der Waals surface area contributed by atoms with Gasteiger partial charge in [0.2, 0.25) is 0 Å². The van der Waals surface area contributed by atoms with Gasteiger partial charge in [-0.25, -0.2) is 0 Å². The molecule has 2 aromatic rings. The van der Waals surface area contributed by atoms with Gasteiger partial charge in [-0.05, 0) is 54.8 Å². The molecule has 1 amide bonds. The van der Waals surface area contributed by atoms with E-state index in [0.717, 1.165) is 31.6 Å². The summed E-state index contributed by atoms with van der Waals surface area (Å²) in [6, 6.07) is 13.5.